The van der Waals surface area contributed by atoms with Gasteiger partial charge in [0.05, 0.1) is 5.75 Å². The molecule has 0 aromatic rings. The third kappa shape index (κ3) is 7.96. The summed E-state index contributed by atoms with van der Waals surface area (Å²) in [6, 6.07) is 0. The Morgan fingerprint density at radius 2 is 2.08 bits per heavy atom. The minimum atomic E-state index is -3.96. The maximum absolute atomic E-state index is 10.7. The Bertz CT molecular complexity index is 238. The van der Waals surface area contributed by atoms with E-state index in [0.717, 1.165) is 0 Å². The van der Waals surface area contributed by atoms with Gasteiger partial charge in [-0.1, -0.05) is 15.9 Å². The molecular weight excluding hydrogens is 250 g/mol. The van der Waals surface area contributed by atoms with Crippen LogP contribution >= 0.6 is 15.9 Å². The zero-order valence-electron chi connectivity index (χ0n) is 6.29. The van der Waals surface area contributed by atoms with Crippen LogP contribution in [0.25, 0.3) is 0 Å². The van der Waals surface area contributed by atoms with Gasteiger partial charge in [-0.25, -0.2) is 0 Å². The molecule has 0 unspecified atom stereocenters. The molecule has 0 bridgehead atoms. The van der Waals surface area contributed by atoms with E-state index in [4.69, 9.17) is 4.55 Å². The second kappa shape index (κ2) is 5.50. The van der Waals surface area contributed by atoms with Gasteiger partial charge >= 0.3 is 0 Å². The van der Waals surface area contributed by atoms with Crippen molar-refractivity contribution in [3.05, 3.63) is 0 Å². The number of nitrogens with one attached hydrogen (secondary N) is 1. The maximum atomic E-state index is 10.7. The van der Waals surface area contributed by atoms with Crippen LogP contribution in [-0.4, -0.2) is 36.5 Å². The summed E-state index contributed by atoms with van der Waals surface area (Å²) in [5.74, 6) is -0.684. The summed E-state index contributed by atoms with van der Waals surface area (Å²) in [4.78, 5) is 10.7. The summed E-state index contributed by atoms with van der Waals surface area (Å²) in [5.41, 5.74) is 0. The van der Waals surface area contributed by atoms with Crippen molar-refractivity contribution >= 4 is 32.0 Å². The fourth-order valence-corrected chi connectivity index (χ4v) is 1.21. The predicted octanol–water partition coefficient (Wildman–Crippen LogP) is -0.225. The molecule has 0 saturated heterocycles. The van der Waals surface area contributed by atoms with Crippen LogP contribution in [0.3, 0.4) is 0 Å². The van der Waals surface area contributed by atoms with Crippen molar-refractivity contribution in [1.29, 1.82) is 0 Å². The lowest BCUT2D eigenvalue weighted by molar-refractivity contribution is -0.120. The van der Waals surface area contributed by atoms with E-state index in [-0.39, 0.29) is 12.5 Å². The molecular formula is C5H10BrNO4S. The highest BCUT2D eigenvalue weighted by atomic mass is 79.9. The third-order valence-electron chi connectivity index (χ3n) is 1.00. The van der Waals surface area contributed by atoms with Crippen LogP contribution < -0.4 is 5.32 Å². The summed E-state index contributed by atoms with van der Waals surface area (Å²) in [6.07, 6.45) is 0.297. The van der Waals surface area contributed by atoms with Crippen molar-refractivity contribution in [2.75, 3.05) is 17.6 Å². The van der Waals surface area contributed by atoms with E-state index >= 15 is 0 Å². The average molecular weight is 260 g/mol. The van der Waals surface area contributed by atoms with Crippen LogP contribution in [-0.2, 0) is 14.9 Å². The molecule has 0 aliphatic carbocycles. The summed E-state index contributed by atoms with van der Waals surface area (Å²) in [6.45, 7) is -0.0509. The second-order valence-corrected chi connectivity index (χ2v) is 4.44. The molecule has 0 saturated carbocycles. The zero-order chi connectivity index (χ0) is 9.61. The van der Waals surface area contributed by atoms with Crippen LogP contribution in [0.15, 0.2) is 0 Å². The summed E-state index contributed by atoms with van der Waals surface area (Å²) >= 11 is 3.05. The molecule has 12 heavy (non-hydrogen) atoms. The lowest BCUT2D eigenvalue weighted by Crippen LogP contribution is -2.28. The summed E-state index contributed by atoms with van der Waals surface area (Å²) < 4.78 is 28.6. The second-order valence-electron chi connectivity index (χ2n) is 2.07. The molecule has 72 valence electrons. The molecule has 1 amide bonds. The monoisotopic (exact) mass is 259 g/mol. The minimum absolute atomic E-state index is 0.0509. The van der Waals surface area contributed by atoms with E-state index in [0.29, 0.717) is 11.8 Å². The van der Waals surface area contributed by atoms with Crippen molar-refractivity contribution in [1.82, 2.24) is 5.32 Å². The smallest absolute Gasteiger partial charge is 0.266 e. The Balaban J connectivity index is 3.51. The molecule has 0 fully saturated rings. The van der Waals surface area contributed by atoms with Gasteiger partial charge in [-0.3, -0.25) is 9.35 Å². The van der Waals surface area contributed by atoms with E-state index in [2.05, 4.69) is 21.2 Å². The van der Waals surface area contributed by atoms with Crippen LogP contribution in [0.1, 0.15) is 6.42 Å². The number of rotatable bonds is 5. The molecule has 0 atom stereocenters. The first-order valence-electron chi connectivity index (χ1n) is 3.23. The zero-order valence-corrected chi connectivity index (χ0v) is 8.69. The number of amides is 1. The van der Waals surface area contributed by atoms with Crippen LogP contribution in [0.4, 0.5) is 0 Å². The van der Waals surface area contributed by atoms with E-state index < -0.39 is 15.9 Å². The average Bonchev–Trinajstić information content (AvgIpc) is 1.84. The normalized spacial score (nSPS) is 11.2. The van der Waals surface area contributed by atoms with Crippen molar-refractivity contribution in [2.24, 2.45) is 0 Å². The fraction of sp³-hybridized carbons (Fsp3) is 0.800. The van der Waals surface area contributed by atoms with Gasteiger partial charge in [-0.2, -0.15) is 8.42 Å². The lowest BCUT2D eigenvalue weighted by atomic mass is 10.4. The minimum Gasteiger partial charge on any atom is -0.355 e. The first-order chi connectivity index (χ1) is 5.45. The highest BCUT2D eigenvalue weighted by Gasteiger charge is 2.05. The molecule has 0 aliphatic rings. The Labute approximate surface area is 79.4 Å². The predicted molar refractivity (Wildman–Crippen MR) is 47.8 cm³/mol. The number of carbonyl (C=O) groups is 1. The highest BCUT2D eigenvalue weighted by molar-refractivity contribution is 9.09. The number of halogens is 1. The summed E-state index contributed by atoms with van der Waals surface area (Å²) in [7, 11) is -3.96. The number of alkyl halides is 1. The standard InChI is InChI=1S/C5H10BrNO4S/c6-2-1-5(8)7-3-4-12(9,10)11/h1-4H2,(H,7,8)(H,9,10,11). The highest BCUT2D eigenvalue weighted by Crippen LogP contribution is 1.87. The molecule has 0 aliphatic heterocycles. The van der Waals surface area contributed by atoms with Gasteiger partial charge in [0.15, 0.2) is 0 Å². The Kier molecular flexibility index (Phi) is 5.43. The van der Waals surface area contributed by atoms with E-state index in [1.54, 1.807) is 0 Å². The van der Waals surface area contributed by atoms with Gasteiger partial charge in [0.25, 0.3) is 10.1 Å². The van der Waals surface area contributed by atoms with Crippen LogP contribution in [0.2, 0.25) is 0 Å². The van der Waals surface area contributed by atoms with Gasteiger partial charge in [0, 0.05) is 18.3 Å². The number of hydrogen-bond acceptors (Lipinski definition) is 3. The number of carbonyl (C=O) groups excluding carboxylic acids is 1. The van der Waals surface area contributed by atoms with Crippen molar-refractivity contribution in [2.45, 2.75) is 6.42 Å². The SMILES string of the molecule is O=C(CCBr)NCCS(=O)(=O)O. The number of hydrogen-bond donors (Lipinski definition) is 2. The first kappa shape index (κ1) is 11.9. The van der Waals surface area contributed by atoms with Gasteiger partial charge in [0.1, 0.15) is 0 Å². The quantitative estimate of drug-likeness (QED) is 0.528. The van der Waals surface area contributed by atoms with Crippen LogP contribution in [0.5, 0.6) is 0 Å². The van der Waals surface area contributed by atoms with Crippen molar-refractivity contribution in [3.8, 4) is 0 Å². The fourth-order valence-electron chi connectivity index (χ4n) is 0.494. The van der Waals surface area contributed by atoms with Gasteiger partial charge < -0.3 is 5.32 Å². The Hall–Kier alpha value is -0.140. The van der Waals surface area contributed by atoms with E-state index in [1.807, 2.05) is 0 Å². The van der Waals surface area contributed by atoms with Gasteiger partial charge in [-0.15, -0.1) is 0 Å². The molecule has 2 N–H and O–H groups in total. The molecule has 0 rings (SSSR count). The Morgan fingerprint density at radius 3 is 2.50 bits per heavy atom. The van der Waals surface area contributed by atoms with Gasteiger partial charge in [0.2, 0.25) is 5.91 Å². The third-order valence-corrected chi connectivity index (χ3v) is 2.12. The van der Waals surface area contributed by atoms with Crippen LogP contribution in [0, 0.1) is 0 Å². The molecule has 0 aromatic heterocycles. The van der Waals surface area contributed by atoms with E-state index in [9.17, 15) is 13.2 Å². The maximum Gasteiger partial charge on any atom is 0.266 e. The van der Waals surface area contributed by atoms with Crippen molar-refractivity contribution < 1.29 is 17.8 Å². The lowest BCUT2D eigenvalue weighted by Gasteiger charge is -2.00. The topological polar surface area (TPSA) is 83.5 Å². The molecule has 0 spiro atoms. The first-order valence-corrected chi connectivity index (χ1v) is 5.96. The van der Waals surface area contributed by atoms with Gasteiger partial charge in [-0.05, 0) is 0 Å². The molecule has 0 radical (unpaired) electrons. The van der Waals surface area contributed by atoms with E-state index in [1.165, 1.54) is 0 Å². The Morgan fingerprint density at radius 1 is 1.50 bits per heavy atom. The molecule has 0 aromatic carbocycles. The molecule has 7 heteroatoms. The molecule has 0 heterocycles. The largest absolute Gasteiger partial charge is 0.355 e. The molecule has 5 nitrogen and oxygen atoms in total. The van der Waals surface area contributed by atoms with Crippen molar-refractivity contribution in [3.63, 3.8) is 0 Å². The summed E-state index contributed by atoms with van der Waals surface area (Å²) in [5, 5.41) is 2.86.